The zero-order chi connectivity index (χ0) is 13.9. The number of likely N-dealkylation sites (tertiary alicyclic amines) is 1. The quantitative estimate of drug-likeness (QED) is 0.538. The Morgan fingerprint density at radius 2 is 1.55 bits per heavy atom. The molecular formula is C16H30IN3. The van der Waals surface area contributed by atoms with E-state index in [2.05, 4.69) is 44.2 Å². The molecule has 4 heteroatoms. The van der Waals surface area contributed by atoms with Crippen molar-refractivity contribution in [1.29, 1.82) is 0 Å². The highest BCUT2D eigenvalue weighted by Gasteiger charge is 2.33. The van der Waals surface area contributed by atoms with Crippen LogP contribution in [0, 0.1) is 5.92 Å². The Bertz CT molecular complexity index is 290. The second-order valence-corrected chi connectivity index (χ2v) is 8.70. The van der Waals surface area contributed by atoms with Gasteiger partial charge in [0.1, 0.15) is 0 Å². The van der Waals surface area contributed by atoms with Crippen LogP contribution in [-0.2, 0) is 0 Å². The molecule has 2 saturated heterocycles. The molecule has 2 aliphatic heterocycles. The molecule has 116 valence electrons. The van der Waals surface area contributed by atoms with Crippen molar-refractivity contribution in [2.24, 2.45) is 5.92 Å². The Morgan fingerprint density at radius 1 is 0.900 bits per heavy atom. The fourth-order valence-corrected chi connectivity index (χ4v) is 5.16. The summed E-state index contributed by atoms with van der Waals surface area (Å²) in [5.41, 5.74) is 0. The van der Waals surface area contributed by atoms with E-state index in [1.165, 1.54) is 78.0 Å². The van der Waals surface area contributed by atoms with Gasteiger partial charge in [0.2, 0.25) is 0 Å². The molecule has 0 bridgehead atoms. The molecule has 0 atom stereocenters. The van der Waals surface area contributed by atoms with Crippen molar-refractivity contribution in [2.45, 2.75) is 42.6 Å². The fraction of sp³-hybridized carbons (Fsp3) is 1.00. The summed E-state index contributed by atoms with van der Waals surface area (Å²) in [5, 5.41) is 0. The van der Waals surface area contributed by atoms with Gasteiger partial charge >= 0.3 is 0 Å². The number of nitrogens with zero attached hydrogens (tertiary/aromatic N) is 3. The number of alkyl halides is 1. The lowest BCUT2D eigenvalue weighted by Gasteiger charge is -2.45. The van der Waals surface area contributed by atoms with Gasteiger partial charge in [-0.05, 0) is 51.2 Å². The first-order chi connectivity index (χ1) is 9.74. The van der Waals surface area contributed by atoms with Crippen LogP contribution in [0.1, 0.15) is 32.6 Å². The van der Waals surface area contributed by atoms with Crippen LogP contribution in [0.4, 0.5) is 0 Å². The standard InChI is InChI=1S/C16H30IN3/c1-2-18-5-3-14(4-6-18)13-19-7-9-20(10-8-19)16-11-15(17)12-16/h14-16H,2-13H2,1H3. The van der Waals surface area contributed by atoms with E-state index in [4.69, 9.17) is 0 Å². The second kappa shape index (κ2) is 7.25. The summed E-state index contributed by atoms with van der Waals surface area (Å²) in [6.07, 6.45) is 5.73. The number of hydrogen-bond donors (Lipinski definition) is 0. The lowest BCUT2D eigenvalue weighted by Crippen LogP contribution is -2.55. The minimum Gasteiger partial charge on any atom is -0.304 e. The molecular weight excluding hydrogens is 361 g/mol. The highest BCUT2D eigenvalue weighted by atomic mass is 127. The minimum atomic E-state index is 0.923. The lowest BCUT2D eigenvalue weighted by molar-refractivity contribution is 0.0523. The summed E-state index contributed by atoms with van der Waals surface area (Å²) in [4.78, 5) is 8.10. The van der Waals surface area contributed by atoms with Gasteiger partial charge < -0.3 is 9.80 Å². The zero-order valence-corrected chi connectivity index (χ0v) is 15.1. The summed E-state index contributed by atoms with van der Waals surface area (Å²) in [5.74, 6) is 0.965. The SMILES string of the molecule is CCN1CCC(CN2CCN(C3CC(I)C3)CC2)CC1. The molecule has 3 aliphatic rings. The summed E-state index contributed by atoms with van der Waals surface area (Å²) in [7, 11) is 0. The van der Waals surface area contributed by atoms with E-state index in [9.17, 15) is 0 Å². The van der Waals surface area contributed by atoms with Crippen LogP contribution in [0.3, 0.4) is 0 Å². The highest BCUT2D eigenvalue weighted by molar-refractivity contribution is 14.1. The van der Waals surface area contributed by atoms with E-state index in [-0.39, 0.29) is 0 Å². The number of piperidine rings is 1. The first kappa shape index (κ1) is 15.5. The van der Waals surface area contributed by atoms with Crippen LogP contribution < -0.4 is 0 Å². The van der Waals surface area contributed by atoms with Crippen LogP contribution in [0.2, 0.25) is 0 Å². The molecule has 0 aromatic carbocycles. The smallest absolute Gasteiger partial charge is 0.0139 e. The molecule has 3 fully saturated rings. The van der Waals surface area contributed by atoms with Gasteiger partial charge in [0.15, 0.2) is 0 Å². The van der Waals surface area contributed by atoms with Gasteiger partial charge in [-0.3, -0.25) is 4.90 Å². The average molecular weight is 391 g/mol. The first-order valence-electron chi connectivity index (χ1n) is 8.57. The summed E-state index contributed by atoms with van der Waals surface area (Å²) in [6, 6.07) is 0.923. The molecule has 0 aromatic rings. The van der Waals surface area contributed by atoms with Crippen LogP contribution in [0.25, 0.3) is 0 Å². The Balaban J connectivity index is 1.34. The van der Waals surface area contributed by atoms with E-state index in [0.29, 0.717) is 0 Å². The van der Waals surface area contributed by atoms with Crippen LogP contribution in [0.15, 0.2) is 0 Å². The van der Waals surface area contributed by atoms with Gasteiger partial charge in [-0.2, -0.15) is 0 Å². The number of rotatable bonds is 4. The predicted octanol–water partition coefficient (Wildman–Crippen LogP) is 2.30. The normalized spacial score (nSPS) is 35.1. The third kappa shape index (κ3) is 3.87. The van der Waals surface area contributed by atoms with E-state index < -0.39 is 0 Å². The summed E-state index contributed by atoms with van der Waals surface area (Å²) >= 11 is 2.61. The van der Waals surface area contributed by atoms with Gasteiger partial charge in [0.05, 0.1) is 0 Å². The van der Waals surface area contributed by atoms with Crippen molar-refractivity contribution in [2.75, 3.05) is 52.4 Å². The maximum absolute atomic E-state index is 2.76. The molecule has 3 rings (SSSR count). The maximum atomic E-state index is 2.76. The molecule has 2 heterocycles. The average Bonchev–Trinajstić information content (AvgIpc) is 2.46. The van der Waals surface area contributed by atoms with Crippen LogP contribution in [0.5, 0.6) is 0 Å². The number of hydrogen-bond acceptors (Lipinski definition) is 3. The molecule has 0 amide bonds. The van der Waals surface area contributed by atoms with Crippen molar-refractivity contribution < 1.29 is 0 Å². The molecule has 20 heavy (non-hydrogen) atoms. The molecule has 0 radical (unpaired) electrons. The predicted molar refractivity (Wildman–Crippen MR) is 93.7 cm³/mol. The van der Waals surface area contributed by atoms with E-state index >= 15 is 0 Å². The maximum Gasteiger partial charge on any atom is 0.0139 e. The van der Waals surface area contributed by atoms with E-state index in [1.807, 2.05) is 0 Å². The number of piperazine rings is 1. The summed E-state index contributed by atoms with van der Waals surface area (Å²) < 4.78 is 0.958. The molecule has 0 aromatic heterocycles. The van der Waals surface area contributed by atoms with Gasteiger partial charge in [0, 0.05) is 42.7 Å². The zero-order valence-electron chi connectivity index (χ0n) is 12.9. The third-order valence-corrected chi connectivity index (χ3v) is 6.67. The lowest BCUT2D eigenvalue weighted by atomic mass is 9.90. The third-order valence-electron chi connectivity index (χ3n) is 5.65. The minimum absolute atomic E-state index is 0.923. The van der Waals surface area contributed by atoms with E-state index in [1.54, 1.807) is 0 Å². The Hall–Kier alpha value is 0.610. The highest BCUT2D eigenvalue weighted by Crippen LogP contribution is 2.32. The molecule has 1 saturated carbocycles. The molecule has 0 spiro atoms. The molecule has 1 aliphatic carbocycles. The second-order valence-electron chi connectivity index (χ2n) is 6.94. The number of halogens is 1. The van der Waals surface area contributed by atoms with Gasteiger partial charge in [-0.1, -0.05) is 29.5 Å². The van der Waals surface area contributed by atoms with Crippen LogP contribution in [-0.4, -0.2) is 77.0 Å². The molecule has 0 N–H and O–H groups in total. The Labute approximate surface area is 138 Å². The van der Waals surface area contributed by atoms with E-state index in [0.717, 1.165) is 15.9 Å². The Kier molecular flexibility index (Phi) is 5.62. The first-order valence-corrected chi connectivity index (χ1v) is 9.82. The van der Waals surface area contributed by atoms with Crippen molar-refractivity contribution in [3.8, 4) is 0 Å². The van der Waals surface area contributed by atoms with Gasteiger partial charge in [0.25, 0.3) is 0 Å². The fourth-order valence-electron chi connectivity index (χ4n) is 3.98. The molecule has 0 unspecified atom stereocenters. The van der Waals surface area contributed by atoms with Crippen molar-refractivity contribution in [3.63, 3.8) is 0 Å². The Morgan fingerprint density at radius 3 is 2.10 bits per heavy atom. The van der Waals surface area contributed by atoms with Gasteiger partial charge in [-0.25, -0.2) is 0 Å². The van der Waals surface area contributed by atoms with Crippen molar-refractivity contribution >= 4 is 22.6 Å². The largest absolute Gasteiger partial charge is 0.304 e. The van der Waals surface area contributed by atoms with Gasteiger partial charge in [-0.15, -0.1) is 0 Å². The van der Waals surface area contributed by atoms with Crippen LogP contribution >= 0.6 is 22.6 Å². The topological polar surface area (TPSA) is 9.72 Å². The molecule has 3 nitrogen and oxygen atoms in total. The monoisotopic (exact) mass is 391 g/mol. The van der Waals surface area contributed by atoms with Crippen molar-refractivity contribution in [1.82, 2.24) is 14.7 Å². The summed E-state index contributed by atoms with van der Waals surface area (Å²) in [6.45, 7) is 12.8. The van der Waals surface area contributed by atoms with Crippen molar-refractivity contribution in [3.05, 3.63) is 0 Å².